The zero-order valence-corrected chi connectivity index (χ0v) is 16.5. The third kappa shape index (κ3) is 7.40. The van der Waals surface area contributed by atoms with Gasteiger partial charge in [-0.15, -0.1) is 0 Å². The molecule has 0 radical (unpaired) electrons. The van der Waals surface area contributed by atoms with Gasteiger partial charge in [0.15, 0.2) is 0 Å². The van der Waals surface area contributed by atoms with E-state index < -0.39 is 6.10 Å². The van der Waals surface area contributed by atoms with Gasteiger partial charge in [0.05, 0.1) is 0 Å². The summed E-state index contributed by atoms with van der Waals surface area (Å²) in [5.74, 6) is -0.121. The number of nitrogens with one attached hydrogen (secondary N) is 1. The molecule has 4 nitrogen and oxygen atoms in total. The van der Waals surface area contributed by atoms with E-state index in [1.54, 1.807) is 0 Å². The Bertz CT molecular complexity index is 273. The van der Waals surface area contributed by atoms with Crippen molar-refractivity contribution in [1.82, 2.24) is 5.32 Å². The summed E-state index contributed by atoms with van der Waals surface area (Å²) in [5.41, 5.74) is 0.00405. The summed E-state index contributed by atoms with van der Waals surface area (Å²) in [6, 6.07) is 0. The first-order valence-corrected chi connectivity index (χ1v) is 6.23. The second-order valence-electron chi connectivity index (χ2n) is 5.93. The van der Waals surface area contributed by atoms with Crippen LogP contribution in [0.5, 0.6) is 0 Å². The number of ether oxygens (including phenoxy) is 2. The maximum absolute atomic E-state index is 11.7. The molecular weight excluding hydrogens is 476 g/mol. The minimum atomic E-state index is -0.505. The number of carbonyl (C=O) groups excluding carboxylic acids is 1. The second kappa shape index (κ2) is 7.54. The van der Waals surface area contributed by atoms with Gasteiger partial charge in [-0.3, -0.25) is 4.79 Å². The summed E-state index contributed by atoms with van der Waals surface area (Å²) < 4.78 is 9.83. The van der Waals surface area contributed by atoms with Gasteiger partial charge in [0.25, 0.3) is 0 Å². The molecular formula is C12H22NO3SU-. The summed E-state index contributed by atoms with van der Waals surface area (Å²) in [5, 5.41) is 2.89. The minimum Gasteiger partial charge on any atom is -0.523 e. The van der Waals surface area contributed by atoms with Gasteiger partial charge >= 0.3 is 0 Å². The standard InChI is InChI=1S/C12H22NO3S.U/c1-11(2,6-12(3,4)17)7-13-10(14)9-5-15-8-16-9;/h8-9,17H,5-7H2,1-4H3,(H,13,14);/q-1;. The predicted molar refractivity (Wildman–Crippen MR) is 69.6 cm³/mol. The molecule has 1 aliphatic heterocycles. The maximum atomic E-state index is 11.7. The van der Waals surface area contributed by atoms with Gasteiger partial charge in [-0.1, -0.05) is 34.5 Å². The van der Waals surface area contributed by atoms with Crippen LogP contribution in [-0.4, -0.2) is 29.9 Å². The van der Waals surface area contributed by atoms with Crippen LogP contribution in [0, 0.1) is 43.3 Å². The maximum Gasteiger partial charge on any atom is 0.248 e. The van der Waals surface area contributed by atoms with Gasteiger partial charge in [-0.2, -0.15) is 12.6 Å². The molecule has 0 saturated carbocycles. The Hall–Kier alpha value is 0.792. The first-order chi connectivity index (χ1) is 7.70. The first-order valence-electron chi connectivity index (χ1n) is 5.78. The van der Waals surface area contributed by atoms with Crippen LogP contribution in [0.15, 0.2) is 0 Å². The second-order valence-corrected chi connectivity index (χ2v) is 7.14. The van der Waals surface area contributed by atoms with Crippen molar-refractivity contribution in [2.24, 2.45) is 5.41 Å². The van der Waals surface area contributed by atoms with Crippen LogP contribution < -0.4 is 5.32 Å². The molecule has 1 heterocycles. The summed E-state index contributed by atoms with van der Waals surface area (Å²) in [7, 11) is 0. The molecule has 0 aromatic carbocycles. The summed E-state index contributed by atoms with van der Waals surface area (Å²) in [6.45, 7) is 10.5. The van der Waals surface area contributed by atoms with E-state index in [4.69, 9.17) is 9.47 Å². The van der Waals surface area contributed by atoms with Crippen LogP contribution in [0.2, 0.25) is 0 Å². The molecule has 0 bridgehead atoms. The van der Waals surface area contributed by atoms with Crippen molar-refractivity contribution in [3.63, 3.8) is 0 Å². The average Bonchev–Trinajstić information content (AvgIpc) is 2.63. The Kier molecular flexibility index (Phi) is 7.87. The van der Waals surface area contributed by atoms with Crippen LogP contribution in [0.1, 0.15) is 34.1 Å². The number of rotatable bonds is 5. The van der Waals surface area contributed by atoms with E-state index in [9.17, 15) is 4.79 Å². The number of thiol groups is 1. The van der Waals surface area contributed by atoms with E-state index in [1.807, 2.05) is 0 Å². The zero-order valence-electron chi connectivity index (χ0n) is 11.4. The quantitative estimate of drug-likeness (QED) is 0.449. The third-order valence-corrected chi connectivity index (χ3v) is 2.64. The molecule has 0 aromatic rings. The Labute approximate surface area is 139 Å². The van der Waals surface area contributed by atoms with Crippen molar-refractivity contribution >= 4 is 18.5 Å². The Balaban J connectivity index is 0.00000289. The van der Waals surface area contributed by atoms with E-state index in [1.165, 1.54) is 6.79 Å². The fraction of sp³-hybridized carbons (Fsp3) is 0.833. The fourth-order valence-corrected chi connectivity index (χ4v) is 2.51. The predicted octanol–water partition coefficient (Wildman–Crippen LogP) is 1.76. The fourth-order valence-electron chi connectivity index (χ4n) is 2.08. The summed E-state index contributed by atoms with van der Waals surface area (Å²) in [6.07, 6.45) is 0.409. The molecule has 0 aromatic heterocycles. The van der Waals surface area contributed by atoms with Gasteiger partial charge in [-0.25, -0.2) is 0 Å². The molecule has 1 N–H and O–H groups in total. The third-order valence-electron chi connectivity index (χ3n) is 2.48. The topological polar surface area (TPSA) is 47.6 Å². The smallest absolute Gasteiger partial charge is 0.248 e. The molecule has 0 aliphatic carbocycles. The Morgan fingerprint density at radius 2 is 2.06 bits per heavy atom. The molecule has 1 aliphatic rings. The Morgan fingerprint density at radius 3 is 2.50 bits per heavy atom. The molecule has 6 heteroatoms. The minimum absolute atomic E-state index is 0. The summed E-state index contributed by atoms with van der Waals surface area (Å²) >= 11 is 4.52. The van der Waals surface area contributed by atoms with Gasteiger partial charge in [0.1, 0.15) is 6.10 Å². The molecule has 1 saturated heterocycles. The molecule has 1 fully saturated rings. The molecule has 1 rings (SSSR count). The van der Waals surface area contributed by atoms with E-state index in [-0.39, 0.29) is 47.2 Å². The molecule has 0 spiro atoms. The van der Waals surface area contributed by atoms with Crippen molar-refractivity contribution in [2.45, 2.75) is 45.0 Å². The van der Waals surface area contributed by atoms with E-state index in [0.717, 1.165) is 6.42 Å². The monoisotopic (exact) mass is 498 g/mol. The van der Waals surface area contributed by atoms with Gasteiger partial charge < -0.3 is 14.8 Å². The van der Waals surface area contributed by atoms with Crippen LogP contribution >= 0.6 is 12.6 Å². The summed E-state index contributed by atoms with van der Waals surface area (Å²) in [4.78, 5) is 11.7. The normalized spacial score (nSPS) is 20.4. The van der Waals surface area contributed by atoms with Gasteiger partial charge in [0, 0.05) is 49.0 Å². The number of hydrogen-bond donors (Lipinski definition) is 2. The van der Waals surface area contributed by atoms with E-state index in [0.29, 0.717) is 13.2 Å². The van der Waals surface area contributed by atoms with Crippen molar-refractivity contribution in [2.75, 3.05) is 13.2 Å². The molecule has 18 heavy (non-hydrogen) atoms. The van der Waals surface area contributed by atoms with Crippen LogP contribution in [-0.2, 0) is 14.3 Å². The van der Waals surface area contributed by atoms with Crippen LogP contribution in [0.4, 0.5) is 0 Å². The van der Waals surface area contributed by atoms with E-state index >= 15 is 0 Å². The molecule has 1 amide bonds. The number of amides is 1. The van der Waals surface area contributed by atoms with E-state index in [2.05, 4.69) is 45.6 Å². The van der Waals surface area contributed by atoms with Crippen molar-refractivity contribution in [3.8, 4) is 0 Å². The number of carbonyl (C=O) groups is 1. The van der Waals surface area contributed by atoms with Crippen LogP contribution in [0.25, 0.3) is 0 Å². The largest absolute Gasteiger partial charge is 0.523 e. The Morgan fingerprint density at radius 1 is 1.44 bits per heavy atom. The van der Waals surface area contributed by atoms with Gasteiger partial charge in [-0.05, 0) is 11.8 Å². The number of hydrogen-bond acceptors (Lipinski definition) is 4. The molecule has 1 unspecified atom stereocenters. The molecule has 104 valence electrons. The molecule has 1 atom stereocenters. The average molecular weight is 498 g/mol. The first kappa shape index (κ1) is 18.8. The van der Waals surface area contributed by atoms with Crippen LogP contribution in [0.3, 0.4) is 0 Å². The van der Waals surface area contributed by atoms with Crippen molar-refractivity contribution in [1.29, 1.82) is 0 Å². The van der Waals surface area contributed by atoms with Crippen molar-refractivity contribution in [3.05, 3.63) is 6.79 Å². The SMILES string of the molecule is CC(C)(S)CC(C)(C)CNC(=O)C1CO[CH-]O1.[U]. The zero-order chi connectivity index (χ0) is 13.1. The van der Waals surface area contributed by atoms with Crippen molar-refractivity contribution < 1.29 is 45.4 Å². The van der Waals surface area contributed by atoms with Gasteiger partial charge in [0.2, 0.25) is 5.91 Å².